The van der Waals surface area contributed by atoms with Gasteiger partial charge in [-0.05, 0) is 44.0 Å². The van der Waals surface area contributed by atoms with Gasteiger partial charge in [0.25, 0.3) is 5.91 Å². The summed E-state index contributed by atoms with van der Waals surface area (Å²) in [5, 5.41) is 1.09. The fraction of sp³-hybridized carbons (Fsp3) is 0.231. The third-order valence-electron chi connectivity index (χ3n) is 2.71. The molecule has 2 rings (SSSR count). The van der Waals surface area contributed by atoms with Gasteiger partial charge in [-0.15, -0.1) is 0 Å². The summed E-state index contributed by atoms with van der Waals surface area (Å²) in [6, 6.07) is 5.87. The number of aryl methyl sites for hydroxylation is 3. The predicted octanol–water partition coefficient (Wildman–Crippen LogP) is 2.26. The molecule has 82 valence electrons. The number of carbonyl (C=O) groups excluding carboxylic acids is 1. The maximum absolute atomic E-state index is 11.1. The van der Waals surface area contributed by atoms with Crippen LogP contribution in [0, 0.1) is 20.8 Å². The van der Waals surface area contributed by atoms with Crippen molar-refractivity contribution in [2.24, 2.45) is 5.73 Å². The van der Waals surface area contributed by atoms with E-state index in [1.165, 1.54) is 5.56 Å². The van der Waals surface area contributed by atoms with Crippen molar-refractivity contribution in [2.45, 2.75) is 20.8 Å². The number of nitrogens with two attached hydrogens (primary N) is 1. The Morgan fingerprint density at radius 2 is 1.81 bits per heavy atom. The molecule has 3 heteroatoms. The van der Waals surface area contributed by atoms with Crippen molar-refractivity contribution in [1.82, 2.24) is 4.98 Å². The molecule has 2 aromatic rings. The number of benzene rings is 1. The lowest BCUT2D eigenvalue weighted by Gasteiger charge is -2.08. The molecule has 0 spiro atoms. The number of fused-ring (bicyclic) bond motifs is 1. The van der Waals surface area contributed by atoms with Crippen molar-refractivity contribution in [2.75, 3.05) is 0 Å². The van der Waals surface area contributed by atoms with Gasteiger partial charge in [0.1, 0.15) is 5.69 Å². The molecule has 3 nitrogen and oxygen atoms in total. The molecule has 1 amide bonds. The van der Waals surface area contributed by atoms with Crippen LogP contribution in [0.5, 0.6) is 0 Å². The highest BCUT2D eigenvalue weighted by Gasteiger charge is 2.09. The van der Waals surface area contributed by atoms with E-state index >= 15 is 0 Å². The average molecular weight is 214 g/mol. The summed E-state index contributed by atoms with van der Waals surface area (Å²) >= 11 is 0. The zero-order chi connectivity index (χ0) is 11.9. The van der Waals surface area contributed by atoms with E-state index in [0.29, 0.717) is 5.69 Å². The second kappa shape index (κ2) is 3.59. The molecule has 16 heavy (non-hydrogen) atoms. The number of carbonyl (C=O) groups is 1. The number of primary amides is 1. The topological polar surface area (TPSA) is 56.0 Å². The first kappa shape index (κ1) is 10.6. The van der Waals surface area contributed by atoms with Crippen LogP contribution in [-0.4, -0.2) is 10.9 Å². The number of amides is 1. The molecular weight excluding hydrogens is 200 g/mol. The SMILES string of the molecule is Cc1cc(C)c2nc(C(N)=O)cc(C)c2c1. The second-order valence-corrected chi connectivity index (χ2v) is 4.17. The molecule has 0 aliphatic carbocycles. The van der Waals surface area contributed by atoms with Crippen LogP contribution in [0.2, 0.25) is 0 Å². The van der Waals surface area contributed by atoms with Crippen LogP contribution in [0.15, 0.2) is 18.2 Å². The van der Waals surface area contributed by atoms with Crippen molar-refractivity contribution in [3.63, 3.8) is 0 Å². The van der Waals surface area contributed by atoms with Crippen LogP contribution >= 0.6 is 0 Å². The molecule has 1 aromatic heterocycles. The monoisotopic (exact) mass is 214 g/mol. The Bertz CT molecular complexity index is 588. The maximum Gasteiger partial charge on any atom is 0.267 e. The molecule has 0 saturated carbocycles. The van der Waals surface area contributed by atoms with Gasteiger partial charge in [-0.3, -0.25) is 4.79 Å². The number of hydrogen-bond acceptors (Lipinski definition) is 2. The lowest BCUT2D eigenvalue weighted by atomic mass is 10.0. The number of nitrogens with zero attached hydrogens (tertiary/aromatic N) is 1. The lowest BCUT2D eigenvalue weighted by molar-refractivity contribution is 0.0996. The standard InChI is InChI=1S/C13H14N2O/c1-7-4-9(3)12-10(5-7)8(2)6-11(15-12)13(14)16/h4-6H,1-3H3,(H2,14,16). The van der Waals surface area contributed by atoms with Crippen LogP contribution in [0.3, 0.4) is 0 Å². The number of hydrogen-bond donors (Lipinski definition) is 1. The Labute approximate surface area is 94.3 Å². The molecule has 0 saturated heterocycles. The van der Waals surface area contributed by atoms with Crippen LogP contribution in [0.25, 0.3) is 10.9 Å². The summed E-state index contributed by atoms with van der Waals surface area (Å²) in [7, 11) is 0. The summed E-state index contributed by atoms with van der Waals surface area (Å²) < 4.78 is 0. The van der Waals surface area contributed by atoms with Gasteiger partial charge in [-0.25, -0.2) is 4.98 Å². The molecule has 0 atom stereocenters. The Balaban J connectivity index is 2.87. The lowest BCUT2D eigenvalue weighted by Crippen LogP contribution is -2.13. The van der Waals surface area contributed by atoms with Gasteiger partial charge in [0.2, 0.25) is 0 Å². The summed E-state index contributed by atoms with van der Waals surface area (Å²) in [6.07, 6.45) is 0. The predicted molar refractivity (Wildman–Crippen MR) is 64.5 cm³/mol. The fourth-order valence-corrected chi connectivity index (χ4v) is 1.97. The van der Waals surface area contributed by atoms with Gasteiger partial charge in [-0.2, -0.15) is 0 Å². The highest BCUT2D eigenvalue weighted by Crippen LogP contribution is 2.22. The maximum atomic E-state index is 11.1. The molecular formula is C13H14N2O. The normalized spacial score (nSPS) is 10.7. The van der Waals surface area contributed by atoms with E-state index in [-0.39, 0.29) is 0 Å². The van der Waals surface area contributed by atoms with Gasteiger partial charge in [0, 0.05) is 5.39 Å². The Morgan fingerprint density at radius 3 is 2.44 bits per heavy atom. The van der Waals surface area contributed by atoms with Crippen molar-refractivity contribution in [1.29, 1.82) is 0 Å². The number of aromatic nitrogens is 1. The van der Waals surface area contributed by atoms with Gasteiger partial charge in [0.15, 0.2) is 0 Å². The molecule has 0 bridgehead atoms. The Morgan fingerprint density at radius 1 is 1.12 bits per heavy atom. The minimum Gasteiger partial charge on any atom is -0.364 e. The molecule has 0 aliphatic rings. The molecule has 0 fully saturated rings. The number of pyridine rings is 1. The van der Waals surface area contributed by atoms with Gasteiger partial charge in [-0.1, -0.05) is 11.6 Å². The zero-order valence-electron chi connectivity index (χ0n) is 9.66. The molecule has 1 heterocycles. The minimum absolute atomic E-state index is 0.331. The first-order chi connectivity index (χ1) is 7.49. The van der Waals surface area contributed by atoms with Crippen molar-refractivity contribution in [3.8, 4) is 0 Å². The molecule has 0 aliphatic heterocycles. The summed E-state index contributed by atoms with van der Waals surface area (Å²) in [6.45, 7) is 6.01. The molecule has 1 aromatic carbocycles. The Kier molecular flexibility index (Phi) is 2.38. The minimum atomic E-state index is -0.482. The molecule has 0 unspecified atom stereocenters. The zero-order valence-corrected chi connectivity index (χ0v) is 9.66. The van der Waals surface area contributed by atoms with E-state index in [4.69, 9.17) is 5.73 Å². The summed E-state index contributed by atoms with van der Waals surface area (Å²) in [5.74, 6) is -0.482. The van der Waals surface area contributed by atoms with E-state index < -0.39 is 5.91 Å². The van der Waals surface area contributed by atoms with Crippen molar-refractivity contribution < 1.29 is 4.79 Å². The first-order valence-electron chi connectivity index (χ1n) is 5.17. The quantitative estimate of drug-likeness (QED) is 0.791. The van der Waals surface area contributed by atoms with Gasteiger partial charge in [0.05, 0.1) is 5.52 Å². The Hall–Kier alpha value is -1.90. The highest BCUT2D eigenvalue weighted by molar-refractivity contribution is 5.95. The van der Waals surface area contributed by atoms with Gasteiger partial charge < -0.3 is 5.73 Å². The summed E-state index contributed by atoms with van der Waals surface area (Å²) in [4.78, 5) is 15.4. The van der Waals surface area contributed by atoms with Crippen molar-refractivity contribution >= 4 is 16.8 Å². The third kappa shape index (κ3) is 1.65. The third-order valence-corrected chi connectivity index (χ3v) is 2.71. The van der Waals surface area contributed by atoms with Gasteiger partial charge >= 0.3 is 0 Å². The average Bonchev–Trinajstić information content (AvgIpc) is 2.19. The van der Waals surface area contributed by atoms with E-state index in [0.717, 1.165) is 22.0 Å². The summed E-state index contributed by atoms with van der Waals surface area (Å²) in [5.41, 5.74) is 9.74. The van der Waals surface area contributed by atoms with Crippen LogP contribution < -0.4 is 5.73 Å². The van der Waals surface area contributed by atoms with E-state index in [1.807, 2.05) is 20.8 Å². The smallest absolute Gasteiger partial charge is 0.267 e. The van der Waals surface area contributed by atoms with Crippen LogP contribution in [0.1, 0.15) is 27.2 Å². The largest absolute Gasteiger partial charge is 0.364 e. The van der Waals surface area contributed by atoms with E-state index in [1.54, 1.807) is 6.07 Å². The van der Waals surface area contributed by atoms with Crippen LogP contribution in [0.4, 0.5) is 0 Å². The highest BCUT2D eigenvalue weighted by atomic mass is 16.1. The fourth-order valence-electron chi connectivity index (χ4n) is 1.97. The van der Waals surface area contributed by atoms with E-state index in [2.05, 4.69) is 17.1 Å². The molecule has 0 radical (unpaired) electrons. The number of rotatable bonds is 1. The van der Waals surface area contributed by atoms with E-state index in [9.17, 15) is 4.79 Å². The molecule has 2 N–H and O–H groups in total. The first-order valence-corrected chi connectivity index (χ1v) is 5.17. The van der Waals surface area contributed by atoms with Crippen LogP contribution in [-0.2, 0) is 0 Å². The van der Waals surface area contributed by atoms with Crippen molar-refractivity contribution in [3.05, 3.63) is 40.6 Å². The second-order valence-electron chi connectivity index (χ2n) is 4.17.